The molecule has 13 heteroatoms. The molecule has 2 saturated heterocycles. The normalized spacial score (nSPS) is 21.8. The minimum absolute atomic E-state index is 0.00616. The zero-order chi connectivity index (χ0) is 30.7. The number of hydrogen-bond acceptors (Lipinski definition) is 5. The van der Waals surface area contributed by atoms with Crippen LogP contribution < -0.4 is 5.32 Å². The lowest BCUT2D eigenvalue weighted by molar-refractivity contribution is -0.148. The van der Waals surface area contributed by atoms with E-state index >= 15 is 0 Å². The highest BCUT2D eigenvalue weighted by Crippen LogP contribution is 2.59. The maximum atomic E-state index is 14.3. The van der Waals surface area contributed by atoms with Crippen molar-refractivity contribution in [2.45, 2.75) is 95.4 Å². The van der Waals surface area contributed by atoms with Crippen LogP contribution in [0.2, 0.25) is 0 Å². The van der Waals surface area contributed by atoms with Gasteiger partial charge in [0.1, 0.15) is 12.1 Å². The van der Waals surface area contributed by atoms with E-state index in [4.69, 9.17) is 9.79 Å². The third-order valence-electron chi connectivity index (χ3n) is 9.06. The number of halogens is 2. The SMILES string of the molecule is CC(C)(C)C(NC(=O)c1cc2cc(C(F)(F)P(=O)(O)O)ccc2s1)C(=O)N1CCC[C@H]1C(=O)N1CCCC12CCCC2. The molecule has 9 nitrogen and oxygen atoms in total. The summed E-state index contributed by atoms with van der Waals surface area (Å²) in [5, 5.41) is 3.07. The number of nitrogens with one attached hydrogen (secondary N) is 1. The predicted molar refractivity (Wildman–Crippen MR) is 155 cm³/mol. The maximum Gasteiger partial charge on any atom is 0.399 e. The molecule has 3 heterocycles. The number of benzene rings is 1. The summed E-state index contributed by atoms with van der Waals surface area (Å²) in [6.45, 7) is 6.64. The Hall–Kier alpha value is -2.40. The molecule has 2 aromatic rings. The fourth-order valence-corrected chi connectivity index (χ4v) is 8.25. The van der Waals surface area contributed by atoms with E-state index in [1.165, 1.54) is 12.1 Å². The Morgan fingerprint density at radius 1 is 1.05 bits per heavy atom. The van der Waals surface area contributed by atoms with E-state index in [2.05, 4.69) is 5.32 Å². The third kappa shape index (κ3) is 5.51. The van der Waals surface area contributed by atoms with Gasteiger partial charge in [0.15, 0.2) is 0 Å². The molecule has 230 valence electrons. The Balaban J connectivity index is 1.36. The van der Waals surface area contributed by atoms with Crippen molar-refractivity contribution in [2.24, 2.45) is 5.41 Å². The van der Waals surface area contributed by atoms with Crippen molar-refractivity contribution >= 4 is 46.7 Å². The summed E-state index contributed by atoms with van der Waals surface area (Å²) in [4.78, 5) is 63.3. The number of thiophene rings is 1. The van der Waals surface area contributed by atoms with Crippen molar-refractivity contribution in [3.05, 3.63) is 34.7 Å². The molecule has 3 fully saturated rings. The van der Waals surface area contributed by atoms with Crippen LogP contribution in [0.15, 0.2) is 24.3 Å². The van der Waals surface area contributed by atoms with Gasteiger partial charge in [0, 0.05) is 28.9 Å². The standard InChI is InChI=1S/C29H38F2N3O6PS/c1-27(2,3)23(26(37)33-14-6-8-20(33)25(36)34-15-7-13-28(34)11-4-5-12-28)32-24(35)22-17-18-16-19(9-10-21(18)42-22)29(30,31)41(38,39)40/h9-10,16-17,20,23H,4-8,11-15H2,1-3H3,(H,32,35)(H2,38,39,40)/t20-,23?/m0/s1. The second kappa shape index (κ2) is 10.9. The topological polar surface area (TPSA) is 127 Å². The van der Waals surface area contributed by atoms with Gasteiger partial charge in [0.25, 0.3) is 5.91 Å². The lowest BCUT2D eigenvalue weighted by Gasteiger charge is -2.40. The Bertz CT molecular complexity index is 1440. The Morgan fingerprint density at radius 2 is 1.71 bits per heavy atom. The van der Waals surface area contributed by atoms with Gasteiger partial charge in [-0.25, -0.2) is 0 Å². The van der Waals surface area contributed by atoms with E-state index in [1.807, 2.05) is 25.7 Å². The van der Waals surface area contributed by atoms with E-state index < -0.39 is 42.2 Å². The highest BCUT2D eigenvalue weighted by molar-refractivity contribution is 7.52. The molecule has 2 aliphatic heterocycles. The van der Waals surface area contributed by atoms with Gasteiger partial charge >= 0.3 is 13.3 Å². The molecule has 1 aromatic heterocycles. The molecule has 5 rings (SSSR count). The fourth-order valence-electron chi connectivity index (χ4n) is 6.83. The summed E-state index contributed by atoms with van der Waals surface area (Å²) < 4.78 is 40.3. The van der Waals surface area contributed by atoms with Gasteiger partial charge in [-0.3, -0.25) is 18.9 Å². The molecule has 2 atom stereocenters. The molecule has 1 aromatic carbocycles. The fraction of sp³-hybridized carbons (Fsp3) is 0.621. The summed E-state index contributed by atoms with van der Waals surface area (Å²) in [5.74, 6) is -0.887. The summed E-state index contributed by atoms with van der Waals surface area (Å²) in [7, 11) is -5.75. The first-order chi connectivity index (χ1) is 19.5. The molecule has 1 saturated carbocycles. The number of nitrogens with zero attached hydrogens (tertiary/aromatic N) is 2. The van der Waals surface area contributed by atoms with Crippen LogP contribution >= 0.6 is 18.9 Å². The van der Waals surface area contributed by atoms with Gasteiger partial charge in [-0.15, -0.1) is 11.3 Å². The Labute approximate surface area is 247 Å². The van der Waals surface area contributed by atoms with Crippen LogP contribution in [0.25, 0.3) is 10.1 Å². The maximum absolute atomic E-state index is 14.3. The number of amides is 3. The lowest BCUT2D eigenvalue weighted by atomic mass is 9.85. The zero-order valence-corrected chi connectivity index (χ0v) is 25.8. The van der Waals surface area contributed by atoms with E-state index in [-0.39, 0.29) is 27.6 Å². The van der Waals surface area contributed by atoms with Crippen molar-refractivity contribution in [3.63, 3.8) is 0 Å². The lowest BCUT2D eigenvalue weighted by Crippen LogP contribution is -2.59. The van der Waals surface area contributed by atoms with Gasteiger partial charge in [-0.1, -0.05) is 39.7 Å². The summed E-state index contributed by atoms with van der Waals surface area (Å²) in [6, 6.07) is 3.05. The van der Waals surface area contributed by atoms with Gasteiger partial charge in [0.05, 0.1) is 4.88 Å². The number of likely N-dealkylation sites (tertiary alicyclic amines) is 2. The molecular formula is C29H38F2N3O6PS. The number of fused-ring (bicyclic) bond motifs is 1. The van der Waals surface area contributed by atoms with Gasteiger partial charge in [0.2, 0.25) is 11.8 Å². The first-order valence-electron chi connectivity index (χ1n) is 14.5. The number of carbonyl (C=O) groups excluding carboxylic acids is 3. The van der Waals surface area contributed by atoms with Crippen molar-refractivity contribution in [1.82, 2.24) is 15.1 Å². The van der Waals surface area contributed by atoms with Crippen molar-refractivity contribution in [1.29, 1.82) is 0 Å². The van der Waals surface area contributed by atoms with Crippen LogP contribution in [0.1, 0.15) is 87.4 Å². The molecule has 1 spiro atoms. The van der Waals surface area contributed by atoms with E-state index in [1.54, 1.807) is 4.90 Å². The van der Waals surface area contributed by atoms with Crippen molar-refractivity contribution in [3.8, 4) is 0 Å². The first-order valence-corrected chi connectivity index (χ1v) is 16.9. The number of rotatable bonds is 6. The third-order valence-corrected chi connectivity index (χ3v) is 11.2. The highest BCUT2D eigenvalue weighted by Gasteiger charge is 2.51. The number of alkyl halides is 2. The summed E-state index contributed by atoms with van der Waals surface area (Å²) in [6.07, 6.45) is 7.50. The number of carbonyl (C=O) groups is 3. The van der Waals surface area contributed by atoms with E-state index in [9.17, 15) is 27.7 Å². The van der Waals surface area contributed by atoms with Gasteiger partial charge in [-0.05, 0) is 67.5 Å². The quantitative estimate of drug-likeness (QED) is 0.379. The zero-order valence-electron chi connectivity index (χ0n) is 24.1. The molecule has 3 aliphatic rings. The minimum atomic E-state index is -5.75. The second-order valence-corrected chi connectivity index (χ2v) is 15.7. The molecule has 42 heavy (non-hydrogen) atoms. The van der Waals surface area contributed by atoms with E-state index in [0.29, 0.717) is 30.6 Å². The molecule has 1 aliphatic carbocycles. The van der Waals surface area contributed by atoms with Crippen LogP contribution in [0.4, 0.5) is 8.78 Å². The Kier molecular flexibility index (Phi) is 8.09. The number of hydrogen-bond donors (Lipinski definition) is 3. The van der Waals surface area contributed by atoms with Gasteiger partial charge in [-0.2, -0.15) is 8.78 Å². The van der Waals surface area contributed by atoms with Crippen molar-refractivity contribution < 1.29 is 37.5 Å². The second-order valence-electron chi connectivity index (χ2n) is 12.9. The molecule has 0 bridgehead atoms. The van der Waals surface area contributed by atoms with Gasteiger partial charge < -0.3 is 24.9 Å². The first kappa shape index (κ1) is 31.0. The van der Waals surface area contributed by atoms with Crippen LogP contribution in [0, 0.1) is 5.41 Å². The molecule has 3 N–H and O–H groups in total. The van der Waals surface area contributed by atoms with Crippen LogP contribution in [0.5, 0.6) is 0 Å². The van der Waals surface area contributed by atoms with Crippen LogP contribution in [-0.2, 0) is 19.8 Å². The van der Waals surface area contributed by atoms with Crippen LogP contribution in [-0.4, -0.2) is 68.0 Å². The average molecular weight is 626 g/mol. The highest BCUT2D eigenvalue weighted by atomic mass is 32.1. The van der Waals surface area contributed by atoms with Crippen molar-refractivity contribution in [2.75, 3.05) is 13.1 Å². The summed E-state index contributed by atoms with van der Waals surface area (Å²) >= 11 is 1.02. The minimum Gasteiger partial charge on any atom is -0.339 e. The molecule has 1 unspecified atom stereocenters. The average Bonchev–Trinajstić information content (AvgIpc) is 3.72. The monoisotopic (exact) mass is 625 g/mol. The Morgan fingerprint density at radius 3 is 2.36 bits per heavy atom. The van der Waals surface area contributed by atoms with Crippen LogP contribution in [0.3, 0.4) is 0 Å². The molecule has 3 amide bonds. The van der Waals surface area contributed by atoms with E-state index in [0.717, 1.165) is 62.0 Å². The summed E-state index contributed by atoms with van der Waals surface area (Å²) in [5.41, 5.74) is -6.00. The predicted octanol–water partition coefficient (Wildman–Crippen LogP) is 5.20. The smallest absolute Gasteiger partial charge is 0.339 e. The largest absolute Gasteiger partial charge is 0.399 e. The molecular weight excluding hydrogens is 587 g/mol. The molecule has 0 radical (unpaired) electrons.